The molecule has 102 valence electrons. The SMILES string of the molecule is CC(Cl)c1nc2cc(Cl)cnc2n1C1CCSCC1. The minimum atomic E-state index is -0.123. The number of rotatable bonds is 2. The van der Waals surface area contributed by atoms with Crippen molar-refractivity contribution in [1.29, 1.82) is 0 Å². The third-order valence-corrected chi connectivity index (χ3v) is 4.89. The third kappa shape index (κ3) is 2.58. The van der Waals surface area contributed by atoms with Crippen molar-refractivity contribution in [3.05, 3.63) is 23.1 Å². The summed E-state index contributed by atoms with van der Waals surface area (Å²) < 4.78 is 2.23. The van der Waals surface area contributed by atoms with Crippen LogP contribution in [-0.4, -0.2) is 26.0 Å². The van der Waals surface area contributed by atoms with Crippen LogP contribution in [0.2, 0.25) is 5.02 Å². The molecule has 19 heavy (non-hydrogen) atoms. The van der Waals surface area contributed by atoms with Gasteiger partial charge in [0.1, 0.15) is 11.3 Å². The fourth-order valence-corrected chi connectivity index (χ4v) is 3.95. The van der Waals surface area contributed by atoms with Gasteiger partial charge in [-0.25, -0.2) is 9.97 Å². The summed E-state index contributed by atoms with van der Waals surface area (Å²) in [5.41, 5.74) is 1.75. The molecule has 0 bridgehead atoms. The molecule has 1 atom stereocenters. The highest BCUT2D eigenvalue weighted by atomic mass is 35.5. The van der Waals surface area contributed by atoms with Crippen molar-refractivity contribution in [2.75, 3.05) is 11.5 Å². The molecule has 3 rings (SSSR count). The predicted molar refractivity (Wildman–Crippen MR) is 82.4 cm³/mol. The van der Waals surface area contributed by atoms with E-state index in [1.54, 1.807) is 6.20 Å². The third-order valence-electron chi connectivity index (χ3n) is 3.44. The van der Waals surface area contributed by atoms with E-state index in [2.05, 4.69) is 14.5 Å². The fourth-order valence-electron chi connectivity index (χ4n) is 2.56. The molecule has 3 heterocycles. The first-order valence-electron chi connectivity index (χ1n) is 6.42. The van der Waals surface area contributed by atoms with Gasteiger partial charge in [0, 0.05) is 12.2 Å². The topological polar surface area (TPSA) is 30.7 Å². The maximum atomic E-state index is 6.29. The largest absolute Gasteiger partial charge is 0.308 e. The van der Waals surface area contributed by atoms with Crippen molar-refractivity contribution in [2.24, 2.45) is 0 Å². The lowest BCUT2D eigenvalue weighted by Crippen LogP contribution is -2.18. The Kier molecular flexibility index (Phi) is 3.92. The van der Waals surface area contributed by atoms with E-state index in [1.165, 1.54) is 11.5 Å². The summed E-state index contributed by atoms with van der Waals surface area (Å²) in [4.78, 5) is 9.09. The maximum Gasteiger partial charge on any atom is 0.160 e. The van der Waals surface area contributed by atoms with Crippen molar-refractivity contribution < 1.29 is 0 Å². The van der Waals surface area contributed by atoms with E-state index in [0.29, 0.717) is 11.1 Å². The molecule has 2 aromatic rings. The molecule has 1 aliphatic rings. The number of nitrogens with zero attached hydrogens (tertiary/aromatic N) is 3. The lowest BCUT2D eigenvalue weighted by molar-refractivity contribution is 0.462. The summed E-state index contributed by atoms with van der Waals surface area (Å²) in [6.07, 6.45) is 3.98. The molecule has 6 heteroatoms. The number of imidazole rings is 1. The van der Waals surface area contributed by atoms with E-state index in [9.17, 15) is 0 Å². The van der Waals surface area contributed by atoms with Crippen molar-refractivity contribution in [3.8, 4) is 0 Å². The zero-order valence-corrected chi connectivity index (χ0v) is 13.0. The summed E-state index contributed by atoms with van der Waals surface area (Å²) in [5.74, 6) is 3.28. The Morgan fingerprint density at radius 2 is 2.16 bits per heavy atom. The molecular formula is C13H15Cl2N3S. The van der Waals surface area contributed by atoms with E-state index < -0.39 is 0 Å². The van der Waals surface area contributed by atoms with Crippen LogP contribution >= 0.6 is 35.0 Å². The molecule has 0 aliphatic carbocycles. The fraction of sp³-hybridized carbons (Fsp3) is 0.538. The Balaban J connectivity index is 2.15. The average molecular weight is 316 g/mol. The van der Waals surface area contributed by atoms with Gasteiger partial charge in [0.25, 0.3) is 0 Å². The highest BCUT2D eigenvalue weighted by molar-refractivity contribution is 7.99. The summed E-state index contributed by atoms with van der Waals surface area (Å²) in [5, 5.41) is 0.493. The van der Waals surface area contributed by atoms with Gasteiger partial charge < -0.3 is 4.57 Å². The highest BCUT2D eigenvalue weighted by Gasteiger charge is 2.24. The van der Waals surface area contributed by atoms with Crippen molar-refractivity contribution >= 4 is 46.1 Å². The Bertz CT molecular complexity index is 591. The van der Waals surface area contributed by atoms with Crippen LogP contribution in [0.5, 0.6) is 0 Å². The second kappa shape index (κ2) is 5.51. The minimum Gasteiger partial charge on any atom is -0.308 e. The standard InChI is InChI=1S/C13H15Cl2N3S/c1-8(14)12-17-11-6-9(15)7-16-13(11)18(12)10-2-4-19-5-3-10/h6-8,10H,2-5H2,1H3. The van der Waals surface area contributed by atoms with Crippen LogP contribution in [0.15, 0.2) is 12.3 Å². The van der Waals surface area contributed by atoms with Gasteiger partial charge >= 0.3 is 0 Å². The molecule has 0 spiro atoms. The number of aromatic nitrogens is 3. The lowest BCUT2D eigenvalue weighted by atomic mass is 10.1. The van der Waals surface area contributed by atoms with Crippen LogP contribution in [0.4, 0.5) is 0 Å². The van der Waals surface area contributed by atoms with E-state index in [1.807, 2.05) is 24.8 Å². The highest BCUT2D eigenvalue weighted by Crippen LogP contribution is 2.34. The quantitative estimate of drug-likeness (QED) is 0.767. The Morgan fingerprint density at radius 1 is 1.42 bits per heavy atom. The van der Waals surface area contributed by atoms with Gasteiger partial charge in [0.2, 0.25) is 0 Å². The van der Waals surface area contributed by atoms with Gasteiger partial charge in [0.15, 0.2) is 5.65 Å². The zero-order chi connectivity index (χ0) is 13.4. The zero-order valence-electron chi connectivity index (χ0n) is 10.6. The smallest absolute Gasteiger partial charge is 0.160 e. The monoisotopic (exact) mass is 315 g/mol. The predicted octanol–water partition coefficient (Wildman–Crippen LogP) is 4.45. The first-order chi connectivity index (χ1) is 9.16. The molecule has 0 N–H and O–H groups in total. The van der Waals surface area contributed by atoms with Crippen molar-refractivity contribution in [1.82, 2.24) is 14.5 Å². The summed E-state index contributed by atoms with van der Waals surface area (Å²) in [6.45, 7) is 1.96. The minimum absolute atomic E-state index is 0.123. The Hall–Kier alpha value is -0.450. The number of halogens is 2. The van der Waals surface area contributed by atoms with E-state index in [0.717, 1.165) is 29.8 Å². The van der Waals surface area contributed by atoms with Gasteiger partial charge in [-0.2, -0.15) is 11.8 Å². The number of pyridine rings is 1. The van der Waals surface area contributed by atoms with Crippen LogP contribution in [0, 0.1) is 0 Å². The molecule has 1 aliphatic heterocycles. The van der Waals surface area contributed by atoms with Gasteiger partial charge in [0.05, 0.1) is 10.4 Å². The number of thioether (sulfide) groups is 1. The Morgan fingerprint density at radius 3 is 2.84 bits per heavy atom. The molecule has 3 nitrogen and oxygen atoms in total. The molecule has 1 fully saturated rings. The van der Waals surface area contributed by atoms with Crippen LogP contribution in [0.25, 0.3) is 11.2 Å². The summed E-state index contributed by atoms with van der Waals surface area (Å²) in [6, 6.07) is 2.32. The maximum absolute atomic E-state index is 6.29. The lowest BCUT2D eigenvalue weighted by Gasteiger charge is -2.25. The number of alkyl halides is 1. The molecule has 1 saturated heterocycles. The van der Waals surface area contributed by atoms with E-state index >= 15 is 0 Å². The second-order valence-corrected chi connectivity index (χ2v) is 7.11. The molecule has 0 saturated carbocycles. The van der Waals surface area contributed by atoms with Gasteiger partial charge in [-0.1, -0.05) is 11.6 Å². The first-order valence-corrected chi connectivity index (χ1v) is 8.39. The molecular weight excluding hydrogens is 301 g/mol. The van der Waals surface area contributed by atoms with Crippen LogP contribution in [0.1, 0.15) is 37.0 Å². The van der Waals surface area contributed by atoms with Crippen LogP contribution in [0.3, 0.4) is 0 Å². The summed E-state index contributed by atoms with van der Waals surface area (Å²) >= 11 is 14.3. The molecule has 0 radical (unpaired) electrons. The second-order valence-electron chi connectivity index (χ2n) is 4.80. The van der Waals surface area contributed by atoms with Gasteiger partial charge in [-0.05, 0) is 37.3 Å². The van der Waals surface area contributed by atoms with Gasteiger partial charge in [-0.15, -0.1) is 11.6 Å². The molecule has 2 aromatic heterocycles. The molecule has 1 unspecified atom stereocenters. The summed E-state index contributed by atoms with van der Waals surface area (Å²) in [7, 11) is 0. The molecule has 0 aromatic carbocycles. The van der Waals surface area contributed by atoms with Crippen molar-refractivity contribution in [3.63, 3.8) is 0 Å². The van der Waals surface area contributed by atoms with Gasteiger partial charge in [-0.3, -0.25) is 0 Å². The number of hydrogen-bond donors (Lipinski definition) is 0. The van der Waals surface area contributed by atoms with Crippen molar-refractivity contribution in [2.45, 2.75) is 31.2 Å². The number of hydrogen-bond acceptors (Lipinski definition) is 3. The van der Waals surface area contributed by atoms with Crippen LogP contribution < -0.4 is 0 Å². The Labute approximate surface area is 126 Å². The number of fused-ring (bicyclic) bond motifs is 1. The first kappa shape index (κ1) is 13.5. The van der Waals surface area contributed by atoms with E-state index in [4.69, 9.17) is 23.2 Å². The normalized spacial score (nSPS) is 18.9. The average Bonchev–Trinajstić information content (AvgIpc) is 2.78. The van der Waals surface area contributed by atoms with Crippen LogP contribution in [-0.2, 0) is 0 Å². The molecule has 0 amide bonds. The van der Waals surface area contributed by atoms with E-state index in [-0.39, 0.29) is 5.38 Å².